The van der Waals surface area contributed by atoms with Crippen LogP contribution in [0.15, 0.2) is 0 Å². The lowest BCUT2D eigenvalue weighted by atomic mass is 10.1. The molecule has 1 amide bonds. The van der Waals surface area contributed by atoms with Crippen LogP contribution in [-0.2, 0) is 4.79 Å². The van der Waals surface area contributed by atoms with E-state index < -0.39 is 0 Å². The molecule has 0 aromatic rings. The van der Waals surface area contributed by atoms with E-state index in [1.54, 1.807) is 0 Å². The number of carbonyl (C=O) groups is 1. The minimum absolute atomic E-state index is 0.105. The number of likely N-dealkylation sites (tertiary alicyclic amines) is 1. The lowest BCUT2D eigenvalue weighted by Gasteiger charge is -2.26. The summed E-state index contributed by atoms with van der Waals surface area (Å²) in [5, 5.41) is 3.39. The van der Waals surface area contributed by atoms with Crippen LogP contribution in [0, 0.1) is 0 Å². The quantitative estimate of drug-likeness (QED) is 0.712. The monoisotopic (exact) mass is 210 g/mol. The summed E-state index contributed by atoms with van der Waals surface area (Å²) in [6, 6.07) is 0.565. The standard InChI is InChI=1S/C12H22N2O/c1-10-6-5-9-14(10)12(15)11-7-3-2-4-8-13-11/h10-11,13H,2-9H2,1H3. The average Bonchev–Trinajstić information content (AvgIpc) is 2.53. The fraction of sp³-hybridized carbons (Fsp3) is 0.917. The van der Waals surface area contributed by atoms with Crippen LogP contribution in [0.4, 0.5) is 0 Å². The van der Waals surface area contributed by atoms with E-state index in [2.05, 4.69) is 17.1 Å². The molecule has 15 heavy (non-hydrogen) atoms. The molecule has 2 fully saturated rings. The second-order valence-electron chi connectivity index (χ2n) is 4.88. The Bertz CT molecular complexity index is 222. The van der Waals surface area contributed by atoms with E-state index in [0.29, 0.717) is 11.9 Å². The summed E-state index contributed by atoms with van der Waals surface area (Å²) < 4.78 is 0. The Hall–Kier alpha value is -0.570. The van der Waals surface area contributed by atoms with Crippen molar-refractivity contribution in [3.05, 3.63) is 0 Å². The molecule has 2 saturated heterocycles. The normalized spacial score (nSPS) is 32.7. The summed E-state index contributed by atoms with van der Waals surface area (Å²) in [6.07, 6.45) is 7.08. The first-order chi connectivity index (χ1) is 7.29. The number of hydrogen-bond acceptors (Lipinski definition) is 2. The zero-order chi connectivity index (χ0) is 10.7. The minimum Gasteiger partial charge on any atom is -0.339 e. The van der Waals surface area contributed by atoms with Gasteiger partial charge in [-0.25, -0.2) is 0 Å². The van der Waals surface area contributed by atoms with Crippen molar-refractivity contribution in [3.8, 4) is 0 Å². The minimum atomic E-state index is 0.105. The Labute approximate surface area is 92.2 Å². The first-order valence-electron chi connectivity index (χ1n) is 6.33. The second-order valence-corrected chi connectivity index (χ2v) is 4.88. The molecule has 2 unspecified atom stereocenters. The van der Waals surface area contributed by atoms with Crippen LogP contribution in [-0.4, -0.2) is 36.0 Å². The van der Waals surface area contributed by atoms with Gasteiger partial charge in [0.15, 0.2) is 0 Å². The van der Waals surface area contributed by atoms with Gasteiger partial charge in [0.25, 0.3) is 0 Å². The van der Waals surface area contributed by atoms with Gasteiger partial charge in [0, 0.05) is 12.6 Å². The molecule has 86 valence electrons. The van der Waals surface area contributed by atoms with Gasteiger partial charge in [-0.1, -0.05) is 12.8 Å². The van der Waals surface area contributed by atoms with Crippen molar-refractivity contribution in [2.24, 2.45) is 0 Å². The van der Waals surface area contributed by atoms with Gasteiger partial charge in [-0.2, -0.15) is 0 Å². The van der Waals surface area contributed by atoms with E-state index in [0.717, 1.165) is 19.5 Å². The third kappa shape index (κ3) is 2.51. The van der Waals surface area contributed by atoms with E-state index >= 15 is 0 Å². The lowest BCUT2D eigenvalue weighted by Crippen LogP contribution is -2.47. The molecule has 1 N–H and O–H groups in total. The van der Waals surface area contributed by atoms with Crippen LogP contribution < -0.4 is 5.32 Å². The molecule has 2 aliphatic rings. The largest absolute Gasteiger partial charge is 0.339 e. The van der Waals surface area contributed by atoms with Gasteiger partial charge in [0.2, 0.25) is 5.91 Å². The van der Waals surface area contributed by atoms with Gasteiger partial charge in [-0.15, -0.1) is 0 Å². The Kier molecular flexibility index (Phi) is 3.62. The number of hydrogen-bond donors (Lipinski definition) is 1. The Balaban J connectivity index is 1.93. The predicted octanol–water partition coefficient (Wildman–Crippen LogP) is 1.53. The second kappa shape index (κ2) is 4.97. The molecular formula is C12H22N2O. The van der Waals surface area contributed by atoms with Crippen molar-refractivity contribution < 1.29 is 4.79 Å². The molecular weight excluding hydrogens is 188 g/mol. The van der Waals surface area contributed by atoms with Crippen LogP contribution in [0.25, 0.3) is 0 Å². The highest BCUT2D eigenvalue weighted by Crippen LogP contribution is 2.19. The van der Waals surface area contributed by atoms with Crippen molar-refractivity contribution >= 4 is 5.91 Å². The van der Waals surface area contributed by atoms with Gasteiger partial charge in [-0.3, -0.25) is 4.79 Å². The molecule has 0 saturated carbocycles. The predicted molar refractivity (Wildman–Crippen MR) is 60.7 cm³/mol. The van der Waals surface area contributed by atoms with Crippen molar-refractivity contribution in [3.63, 3.8) is 0 Å². The maximum atomic E-state index is 12.2. The average molecular weight is 210 g/mol. The van der Waals surface area contributed by atoms with E-state index in [-0.39, 0.29) is 6.04 Å². The van der Waals surface area contributed by atoms with Crippen molar-refractivity contribution in [1.29, 1.82) is 0 Å². The Morgan fingerprint density at radius 2 is 2.07 bits per heavy atom. The van der Waals surface area contributed by atoms with Crippen molar-refractivity contribution in [1.82, 2.24) is 10.2 Å². The maximum Gasteiger partial charge on any atom is 0.239 e. The molecule has 2 heterocycles. The maximum absolute atomic E-state index is 12.2. The van der Waals surface area contributed by atoms with E-state index in [9.17, 15) is 4.79 Å². The van der Waals surface area contributed by atoms with Gasteiger partial charge in [0.1, 0.15) is 0 Å². The first kappa shape index (κ1) is 10.9. The zero-order valence-corrected chi connectivity index (χ0v) is 9.67. The van der Waals surface area contributed by atoms with Crippen LogP contribution in [0.1, 0.15) is 45.4 Å². The highest BCUT2D eigenvalue weighted by atomic mass is 16.2. The summed E-state index contributed by atoms with van der Waals surface area (Å²) >= 11 is 0. The molecule has 2 atom stereocenters. The van der Waals surface area contributed by atoms with Gasteiger partial charge in [0.05, 0.1) is 6.04 Å². The first-order valence-corrected chi connectivity index (χ1v) is 6.33. The zero-order valence-electron chi connectivity index (χ0n) is 9.67. The summed E-state index contributed by atoms with van der Waals surface area (Å²) in [4.78, 5) is 14.3. The topological polar surface area (TPSA) is 32.3 Å². The summed E-state index contributed by atoms with van der Waals surface area (Å²) in [7, 11) is 0. The molecule has 0 radical (unpaired) electrons. The van der Waals surface area contributed by atoms with Crippen LogP contribution >= 0.6 is 0 Å². The molecule has 0 bridgehead atoms. The van der Waals surface area contributed by atoms with E-state index in [1.165, 1.54) is 32.1 Å². The number of amides is 1. The number of nitrogens with one attached hydrogen (secondary N) is 1. The van der Waals surface area contributed by atoms with Gasteiger partial charge < -0.3 is 10.2 Å². The van der Waals surface area contributed by atoms with Gasteiger partial charge in [-0.05, 0) is 39.2 Å². The molecule has 3 nitrogen and oxygen atoms in total. The van der Waals surface area contributed by atoms with Gasteiger partial charge >= 0.3 is 0 Å². The molecule has 0 aromatic carbocycles. The molecule has 2 rings (SSSR count). The molecule has 0 aliphatic carbocycles. The number of carbonyl (C=O) groups excluding carboxylic acids is 1. The summed E-state index contributed by atoms with van der Waals surface area (Å²) in [6.45, 7) is 4.15. The number of rotatable bonds is 1. The summed E-state index contributed by atoms with van der Waals surface area (Å²) in [5.74, 6) is 0.349. The van der Waals surface area contributed by atoms with Crippen LogP contribution in [0.3, 0.4) is 0 Å². The SMILES string of the molecule is CC1CCCN1C(=O)C1CCCCCN1. The Morgan fingerprint density at radius 3 is 2.80 bits per heavy atom. The Morgan fingerprint density at radius 1 is 1.20 bits per heavy atom. The molecule has 0 aromatic heterocycles. The molecule has 2 aliphatic heterocycles. The van der Waals surface area contributed by atoms with E-state index in [1.807, 2.05) is 0 Å². The summed E-state index contributed by atoms with van der Waals surface area (Å²) in [5.41, 5.74) is 0. The van der Waals surface area contributed by atoms with E-state index in [4.69, 9.17) is 0 Å². The van der Waals surface area contributed by atoms with Crippen LogP contribution in [0.2, 0.25) is 0 Å². The smallest absolute Gasteiger partial charge is 0.239 e. The third-order valence-electron chi connectivity index (χ3n) is 3.69. The fourth-order valence-electron chi connectivity index (χ4n) is 2.70. The molecule has 3 heteroatoms. The highest BCUT2D eigenvalue weighted by Gasteiger charge is 2.30. The number of nitrogens with zero attached hydrogens (tertiary/aromatic N) is 1. The molecule has 0 spiro atoms. The van der Waals surface area contributed by atoms with Crippen LogP contribution in [0.5, 0.6) is 0 Å². The third-order valence-corrected chi connectivity index (χ3v) is 3.69. The van der Waals surface area contributed by atoms with Crippen molar-refractivity contribution in [2.45, 2.75) is 57.5 Å². The highest BCUT2D eigenvalue weighted by molar-refractivity contribution is 5.82. The lowest BCUT2D eigenvalue weighted by molar-refractivity contribution is -0.134. The fourth-order valence-corrected chi connectivity index (χ4v) is 2.70. The van der Waals surface area contributed by atoms with Crippen molar-refractivity contribution in [2.75, 3.05) is 13.1 Å².